The number of phenolic OH excluding ortho intramolecular Hbond substituents is 1. The van der Waals surface area contributed by atoms with Gasteiger partial charge in [-0.25, -0.2) is 4.39 Å². The Hall–Kier alpha value is -1.34. The molecular weight excluding hydrogens is 185 g/mol. The first-order valence-electron chi connectivity index (χ1n) is 3.22. The van der Waals surface area contributed by atoms with Gasteiger partial charge in [0.1, 0.15) is 0 Å². The fraction of sp³-hybridized carbons (Fsp3) is 0. The summed E-state index contributed by atoms with van der Waals surface area (Å²) in [4.78, 5) is 0. The lowest BCUT2D eigenvalue weighted by molar-refractivity contribution is 0.271. The van der Waals surface area contributed by atoms with Crippen LogP contribution >= 0.6 is 0 Å². The Bertz CT molecular complexity index is 318. The van der Waals surface area contributed by atoms with Gasteiger partial charge >= 0.3 is 7.32 Å². The van der Waals surface area contributed by atoms with Crippen molar-refractivity contribution in [2.45, 2.75) is 0 Å². The van der Waals surface area contributed by atoms with Gasteiger partial charge in [0.15, 0.2) is 17.3 Å². The summed E-state index contributed by atoms with van der Waals surface area (Å²) < 4.78 is 29.2. The topological polar surface area (TPSA) is 69.9 Å². The van der Waals surface area contributed by atoms with Crippen molar-refractivity contribution in [2.75, 3.05) is 0 Å². The van der Waals surface area contributed by atoms with Crippen LogP contribution in [-0.4, -0.2) is 22.5 Å². The zero-order valence-electron chi connectivity index (χ0n) is 6.24. The highest BCUT2D eigenvalue weighted by molar-refractivity contribution is 6.33. The molecule has 0 aromatic heterocycles. The van der Waals surface area contributed by atoms with Crippen molar-refractivity contribution in [3.8, 4) is 11.5 Å². The van der Waals surface area contributed by atoms with Crippen LogP contribution in [0.2, 0.25) is 0 Å². The van der Waals surface area contributed by atoms with Crippen LogP contribution in [0.5, 0.6) is 11.5 Å². The van der Waals surface area contributed by atoms with Crippen molar-refractivity contribution in [1.29, 1.82) is 0 Å². The molecule has 70 valence electrons. The Kier molecular flexibility index (Phi) is 2.69. The lowest BCUT2D eigenvalue weighted by Gasteiger charge is -2.07. The molecule has 0 atom stereocenters. The first-order valence-corrected chi connectivity index (χ1v) is 3.22. The van der Waals surface area contributed by atoms with Crippen molar-refractivity contribution >= 4 is 7.32 Å². The number of benzene rings is 1. The van der Waals surface area contributed by atoms with E-state index in [1.54, 1.807) is 0 Å². The molecule has 0 bridgehead atoms. The molecule has 0 amide bonds. The van der Waals surface area contributed by atoms with E-state index in [1.807, 2.05) is 0 Å². The van der Waals surface area contributed by atoms with Gasteiger partial charge in [-0.1, -0.05) is 0 Å². The van der Waals surface area contributed by atoms with Crippen LogP contribution in [0.3, 0.4) is 0 Å². The number of aromatic hydroxyl groups is 1. The molecule has 4 nitrogen and oxygen atoms in total. The number of rotatable bonds is 2. The SMILES string of the molecule is OB(O)Oc1c(O)ccc(F)c1F. The Balaban J connectivity index is 3.10. The molecule has 13 heavy (non-hydrogen) atoms. The monoisotopic (exact) mass is 190 g/mol. The first kappa shape index (κ1) is 9.75. The van der Waals surface area contributed by atoms with E-state index >= 15 is 0 Å². The second-order valence-corrected chi connectivity index (χ2v) is 2.15. The maximum absolute atomic E-state index is 12.7. The van der Waals surface area contributed by atoms with Gasteiger partial charge in [-0.05, 0) is 12.1 Å². The summed E-state index contributed by atoms with van der Waals surface area (Å²) in [6.45, 7) is 0. The highest BCUT2D eigenvalue weighted by Gasteiger charge is 2.20. The molecule has 0 fully saturated rings. The maximum atomic E-state index is 12.7. The summed E-state index contributed by atoms with van der Waals surface area (Å²) in [5.74, 6) is -4.39. The van der Waals surface area contributed by atoms with E-state index in [9.17, 15) is 8.78 Å². The average Bonchev–Trinajstić information content (AvgIpc) is 2.05. The summed E-state index contributed by atoms with van der Waals surface area (Å²) in [6.07, 6.45) is 0. The lowest BCUT2D eigenvalue weighted by Crippen LogP contribution is -2.21. The smallest absolute Gasteiger partial charge is 0.507 e. The molecule has 0 aliphatic heterocycles. The minimum absolute atomic E-state index is 0.682. The van der Waals surface area contributed by atoms with Gasteiger partial charge in [0.05, 0.1) is 0 Å². The van der Waals surface area contributed by atoms with Gasteiger partial charge in [-0.3, -0.25) is 0 Å². The largest absolute Gasteiger partial charge is 0.707 e. The van der Waals surface area contributed by atoms with Crippen molar-refractivity contribution in [2.24, 2.45) is 0 Å². The Morgan fingerprint density at radius 2 is 1.85 bits per heavy atom. The molecule has 0 unspecified atom stereocenters. The van der Waals surface area contributed by atoms with Gasteiger partial charge in [0.25, 0.3) is 0 Å². The summed E-state index contributed by atoms with van der Waals surface area (Å²) in [5.41, 5.74) is 0. The number of halogens is 2. The van der Waals surface area contributed by atoms with E-state index in [0.717, 1.165) is 6.07 Å². The third kappa shape index (κ3) is 2.07. The number of hydrogen-bond acceptors (Lipinski definition) is 4. The molecule has 0 heterocycles. The summed E-state index contributed by atoms with van der Waals surface area (Å²) in [5, 5.41) is 25.5. The second kappa shape index (κ2) is 3.59. The van der Waals surface area contributed by atoms with Crippen LogP contribution in [-0.2, 0) is 0 Å². The van der Waals surface area contributed by atoms with Crippen molar-refractivity contribution in [1.82, 2.24) is 0 Å². The minimum Gasteiger partial charge on any atom is -0.507 e. The third-order valence-electron chi connectivity index (χ3n) is 1.25. The fourth-order valence-electron chi connectivity index (χ4n) is 0.739. The van der Waals surface area contributed by atoms with Gasteiger partial charge < -0.3 is 19.8 Å². The highest BCUT2D eigenvalue weighted by atomic mass is 19.2. The predicted octanol–water partition coefficient (Wildman–Crippen LogP) is 0.0187. The maximum Gasteiger partial charge on any atom is 0.707 e. The van der Waals surface area contributed by atoms with E-state index in [1.165, 1.54) is 0 Å². The summed E-state index contributed by atoms with van der Waals surface area (Å²) in [7, 11) is -2.32. The molecular formula is C6H5BF2O4. The van der Waals surface area contributed by atoms with Gasteiger partial charge in [0.2, 0.25) is 5.82 Å². The molecule has 0 saturated carbocycles. The van der Waals surface area contributed by atoms with Crippen LogP contribution in [0.1, 0.15) is 0 Å². The highest BCUT2D eigenvalue weighted by Crippen LogP contribution is 2.30. The standard InChI is InChI=1S/C6H5BF2O4/c8-3-1-2-4(10)6(5(3)9)13-7(11)12/h1-2,10-12H. The van der Waals surface area contributed by atoms with Gasteiger partial charge in [0, 0.05) is 0 Å². The summed E-state index contributed by atoms with van der Waals surface area (Å²) in [6, 6.07) is 1.51. The second-order valence-electron chi connectivity index (χ2n) is 2.15. The Labute approximate surface area is 72.2 Å². The lowest BCUT2D eigenvalue weighted by atomic mass is 10.2. The zero-order valence-corrected chi connectivity index (χ0v) is 6.24. The minimum atomic E-state index is -2.32. The zero-order chi connectivity index (χ0) is 10.0. The van der Waals surface area contributed by atoms with Crippen molar-refractivity contribution < 1.29 is 28.6 Å². The van der Waals surface area contributed by atoms with E-state index in [-0.39, 0.29) is 0 Å². The normalized spacial score (nSPS) is 9.85. The number of phenols is 1. The molecule has 3 N–H and O–H groups in total. The third-order valence-corrected chi connectivity index (χ3v) is 1.25. The van der Waals surface area contributed by atoms with Crippen LogP contribution < -0.4 is 4.65 Å². The molecule has 1 aromatic carbocycles. The average molecular weight is 190 g/mol. The van der Waals surface area contributed by atoms with Crippen LogP contribution in [0.4, 0.5) is 8.78 Å². The molecule has 0 aliphatic rings. The van der Waals surface area contributed by atoms with Gasteiger partial charge in [-0.15, -0.1) is 0 Å². The van der Waals surface area contributed by atoms with E-state index in [2.05, 4.69) is 4.65 Å². The van der Waals surface area contributed by atoms with Gasteiger partial charge in [-0.2, -0.15) is 4.39 Å². The fourth-order valence-corrected chi connectivity index (χ4v) is 0.739. The molecule has 0 spiro atoms. The Morgan fingerprint density at radius 3 is 2.38 bits per heavy atom. The van der Waals surface area contributed by atoms with E-state index in [4.69, 9.17) is 15.2 Å². The molecule has 0 saturated heterocycles. The molecule has 0 radical (unpaired) electrons. The molecule has 0 aliphatic carbocycles. The van der Waals surface area contributed by atoms with Crippen molar-refractivity contribution in [3.05, 3.63) is 23.8 Å². The van der Waals surface area contributed by atoms with Crippen LogP contribution in [0, 0.1) is 11.6 Å². The molecule has 1 aromatic rings. The number of hydrogen-bond donors (Lipinski definition) is 3. The quantitative estimate of drug-likeness (QED) is 0.574. The van der Waals surface area contributed by atoms with E-state index in [0.29, 0.717) is 6.07 Å². The first-order chi connectivity index (χ1) is 6.02. The molecule has 1 rings (SSSR count). The molecule has 7 heteroatoms. The van der Waals surface area contributed by atoms with E-state index < -0.39 is 30.5 Å². The van der Waals surface area contributed by atoms with Crippen LogP contribution in [0.15, 0.2) is 12.1 Å². The summed E-state index contributed by atoms with van der Waals surface area (Å²) >= 11 is 0. The predicted molar refractivity (Wildman–Crippen MR) is 38.8 cm³/mol. The van der Waals surface area contributed by atoms with Crippen LogP contribution in [0.25, 0.3) is 0 Å². The Morgan fingerprint density at radius 1 is 1.23 bits per heavy atom. The van der Waals surface area contributed by atoms with Crippen molar-refractivity contribution in [3.63, 3.8) is 0 Å².